The first-order chi connectivity index (χ1) is 15.0. The SMILES string of the molecule is CCC(C)OC(=O)N(C)C1=CC=C(C2=CC=C(CNS(=O)C(F)(F)F)C=CC2)C(F)=CC1. The molecule has 0 bridgehead atoms. The molecule has 0 aromatic rings. The number of nitrogens with zero attached hydrogens (tertiary/aromatic N) is 1. The van der Waals surface area contributed by atoms with Crippen molar-refractivity contribution in [3.05, 3.63) is 70.8 Å². The average Bonchev–Trinajstić information content (AvgIpc) is 3.08. The van der Waals surface area contributed by atoms with Crippen molar-refractivity contribution in [2.24, 2.45) is 0 Å². The van der Waals surface area contributed by atoms with E-state index in [1.165, 1.54) is 11.0 Å². The summed E-state index contributed by atoms with van der Waals surface area (Å²) in [5.41, 5.74) is -2.88. The minimum Gasteiger partial charge on any atom is -0.446 e. The van der Waals surface area contributed by atoms with Crippen molar-refractivity contribution < 1.29 is 31.3 Å². The van der Waals surface area contributed by atoms with Crippen molar-refractivity contribution in [1.82, 2.24) is 9.62 Å². The Morgan fingerprint density at radius 1 is 1.25 bits per heavy atom. The molecule has 0 saturated carbocycles. The van der Waals surface area contributed by atoms with Gasteiger partial charge in [0.05, 0.1) is 0 Å². The van der Waals surface area contributed by atoms with Gasteiger partial charge in [-0.2, -0.15) is 13.2 Å². The van der Waals surface area contributed by atoms with Crippen LogP contribution in [-0.2, 0) is 15.7 Å². The molecule has 2 atom stereocenters. The maximum absolute atomic E-state index is 14.8. The van der Waals surface area contributed by atoms with E-state index < -0.39 is 28.4 Å². The standard InChI is InChI=1S/C22H26F4N2O3S/c1-4-15(2)31-21(29)28(3)18-10-12-19(20(23)13-11-18)17-7-5-6-16(8-9-17)14-27-32(30)22(24,25)26/h5-6,8-10,12-13,15,27H,4,7,11,14H2,1-3H3. The number of hydrogen-bond acceptors (Lipinski definition) is 3. The molecule has 5 nitrogen and oxygen atoms in total. The van der Waals surface area contributed by atoms with Gasteiger partial charge in [0, 0.05) is 31.3 Å². The lowest BCUT2D eigenvalue weighted by atomic mass is 10.0. The predicted molar refractivity (Wildman–Crippen MR) is 116 cm³/mol. The van der Waals surface area contributed by atoms with Crippen LogP contribution in [0.15, 0.2) is 70.8 Å². The van der Waals surface area contributed by atoms with Crippen molar-refractivity contribution in [1.29, 1.82) is 0 Å². The van der Waals surface area contributed by atoms with Crippen LogP contribution < -0.4 is 4.72 Å². The molecular formula is C22H26F4N2O3S. The monoisotopic (exact) mass is 474 g/mol. The highest BCUT2D eigenvalue weighted by molar-refractivity contribution is 7.83. The normalized spacial score (nSPS) is 18.8. The Labute approximate surface area is 187 Å². The summed E-state index contributed by atoms with van der Waals surface area (Å²) in [6.07, 6.45) is 11.5. The third kappa shape index (κ3) is 7.30. The minimum atomic E-state index is -4.84. The highest BCUT2D eigenvalue weighted by Gasteiger charge is 2.36. The summed E-state index contributed by atoms with van der Waals surface area (Å²) < 4.78 is 70.2. The van der Waals surface area contributed by atoms with E-state index in [1.807, 2.05) is 11.6 Å². The van der Waals surface area contributed by atoms with Gasteiger partial charge in [-0.15, -0.1) is 0 Å². The van der Waals surface area contributed by atoms with Crippen LogP contribution in [0, 0.1) is 0 Å². The van der Waals surface area contributed by atoms with Crippen LogP contribution in [-0.4, -0.2) is 40.4 Å². The number of nitrogens with one attached hydrogen (secondary N) is 1. The Balaban J connectivity index is 2.16. The Hall–Kier alpha value is -2.46. The highest BCUT2D eigenvalue weighted by Crippen LogP contribution is 2.30. The van der Waals surface area contributed by atoms with Crippen molar-refractivity contribution >= 4 is 17.1 Å². The molecule has 2 unspecified atom stereocenters. The zero-order chi connectivity index (χ0) is 23.9. The third-order valence-electron chi connectivity index (χ3n) is 4.90. The lowest BCUT2D eigenvalue weighted by Gasteiger charge is -2.21. The zero-order valence-electron chi connectivity index (χ0n) is 18.0. The summed E-state index contributed by atoms with van der Waals surface area (Å²) in [5, 5.41) is 0. The van der Waals surface area contributed by atoms with E-state index in [4.69, 9.17) is 4.74 Å². The third-order valence-corrected chi connectivity index (χ3v) is 5.73. The van der Waals surface area contributed by atoms with Crippen LogP contribution in [0.2, 0.25) is 0 Å². The lowest BCUT2D eigenvalue weighted by Crippen LogP contribution is -2.31. The predicted octanol–water partition coefficient (Wildman–Crippen LogP) is 5.51. The largest absolute Gasteiger partial charge is 0.485 e. The maximum atomic E-state index is 14.8. The quantitative estimate of drug-likeness (QED) is 0.496. The van der Waals surface area contributed by atoms with Crippen molar-refractivity contribution in [3.63, 3.8) is 0 Å². The first kappa shape index (κ1) is 25.8. The van der Waals surface area contributed by atoms with Gasteiger partial charge in [-0.3, -0.25) is 4.90 Å². The highest BCUT2D eigenvalue weighted by atomic mass is 32.2. The molecule has 2 rings (SSSR count). The van der Waals surface area contributed by atoms with E-state index in [0.29, 0.717) is 35.3 Å². The number of rotatable bonds is 7. The Morgan fingerprint density at radius 2 is 1.97 bits per heavy atom. The second kappa shape index (κ2) is 11.4. The molecule has 0 saturated heterocycles. The number of halogens is 4. The number of hydrogen-bond donors (Lipinski definition) is 1. The van der Waals surface area contributed by atoms with Gasteiger partial charge in [-0.05, 0) is 43.1 Å². The van der Waals surface area contributed by atoms with Gasteiger partial charge in [0.25, 0.3) is 0 Å². The number of amides is 1. The summed E-state index contributed by atoms with van der Waals surface area (Å²) in [6, 6.07) is 0. The number of ether oxygens (including phenoxy) is 1. The van der Waals surface area contributed by atoms with E-state index in [-0.39, 0.29) is 19.1 Å². The first-order valence-corrected chi connectivity index (χ1v) is 11.2. The smallest absolute Gasteiger partial charge is 0.446 e. The van der Waals surface area contributed by atoms with Crippen LogP contribution in [0.5, 0.6) is 0 Å². The fraction of sp³-hybridized carbons (Fsp3) is 0.409. The van der Waals surface area contributed by atoms with Crippen molar-refractivity contribution in [2.45, 2.75) is 44.7 Å². The molecule has 0 spiro atoms. The number of carbonyl (C=O) groups is 1. The fourth-order valence-corrected chi connectivity index (χ4v) is 3.27. The van der Waals surface area contributed by atoms with Crippen LogP contribution in [0.4, 0.5) is 22.4 Å². The lowest BCUT2D eigenvalue weighted by molar-refractivity contribution is -0.0393. The van der Waals surface area contributed by atoms with Gasteiger partial charge < -0.3 is 4.74 Å². The first-order valence-electron chi connectivity index (χ1n) is 10.0. The fourth-order valence-electron chi connectivity index (χ4n) is 2.81. The molecule has 176 valence electrons. The second-order valence-corrected chi connectivity index (χ2v) is 8.52. The van der Waals surface area contributed by atoms with E-state index in [2.05, 4.69) is 0 Å². The Morgan fingerprint density at radius 3 is 2.62 bits per heavy atom. The number of carbonyl (C=O) groups excluding carboxylic acids is 1. The maximum Gasteiger partial charge on any atom is 0.485 e. The molecule has 1 amide bonds. The van der Waals surface area contributed by atoms with E-state index >= 15 is 0 Å². The molecule has 2 aliphatic carbocycles. The van der Waals surface area contributed by atoms with Crippen LogP contribution in [0.3, 0.4) is 0 Å². The summed E-state index contributed by atoms with van der Waals surface area (Å²) in [4.78, 5) is 13.6. The molecule has 0 aromatic carbocycles. The van der Waals surface area contributed by atoms with Crippen LogP contribution in [0.25, 0.3) is 0 Å². The molecular weight excluding hydrogens is 448 g/mol. The summed E-state index contributed by atoms with van der Waals surface area (Å²) >= 11 is 0. The number of alkyl halides is 3. The molecule has 0 aromatic heterocycles. The summed E-state index contributed by atoms with van der Waals surface area (Å²) in [5.74, 6) is -0.465. The van der Waals surface area contributed by atoms with Gasteiger partial charge in [-0.25, -0.2) is 18.1 Å². The van der Waals surface area contributed by atoms with Gasteiger partial charge >= 0.3 is 11.6 Å². The molecule has 0 fully saturated rings. The van der Waals surface area contributed by atoms with Crippen LogP contribution >= 0.6 is 0 Å². The minimum absolute atomic E-state index is 0.190. The summed E-state index contributed by atoms with van der Waals surface area (Å²) in [7, 11) is -1.60. The van der Waals surface area contributed by atoms with Gasteiger partial charge in [0.1, 0.15) is 11.9 Å². The molecule has 0 radical (unpaired) electrons. The van der Waals surface area contributed by atoms with Crippen LogP contribution in [0.1, 0.15) is 33.1 Å². The van der Waals surface area contributed by atoms with E-state index in [9.17, 15) is 26.6 Å². The second-order valence-electron chi connectivity index (χ2n) is 7.23. The van der Waals surface area contributed by atoms with Gasteiger partial charge in [0.2, 0.25) is 0 Å². The summed E-state index contributed by atoms with van der Waals surface area (Å²) in [6.45, 7) is 3.43. The Kier molecular flexibility index (Phi) is 9.21. The molecule has 0 heterocycles. The van der Waals surface area contributed by atoms with Crippen molar-refractivity contribution in [3.8, 4) is 0 Å². The van der Waals surface area contributed by atoms with Crippen molar-refractivity contribution in [2.75, 3.05) is 13.6 Å². The van der Waals surface area contributed by atoms with Gasteiger partial charge in [0.15, 0.2) is 11.0 Å². The molecule has 0 aliphatic heterocycles. The molecule has 1 N–H and O–H groups in total. The van der Waals surface area contributed by atoms with Gasteiger partial charge in [-0.1, -0.05) is 37.3 Å². The Bertz CT molecular complexity index is 930. The molecule has 32 heavy (non-hydrogen) atoms. The molecule has 10 heteroatoms. The zero-order valence-corrected chi connectivity index (χ0v) is 18.9. The average molecular weight is 475 g/mol. The topological polar surface area (TPSA) is 58.6 Å². The number of allylic oxidation sites excluding steroid dienone is 9. The van der Waals surface area contributed by atoms with E-state index in [1.54, 1.807) is 50.4 Å². The van der Waals surface area contributed by atoms with E-state index in [0.717, 1.165) is 0 Å². The molecule has 2 aliphatic rings.